The Labute approximate surface area is 252 Å². The van der Waals surface area contributed by atoms with Gasteiger partial charge in [-0.15, -0.1) is 0 Å². The molecule has 0 saturated heterocycles. The van der Waals surface area contributed by atoms with Crippen LogP contribution in [0.4, 0.5) is 0 Å². The maximum absolute atomic E-state index is 11.9. The number of sulfone groups is 1. The number of rotatable bonds is 23. The van der Waals surface area contributed by atoms with E-state index in [2.05, 4.69) is 0 Å². The van der Waals surface area contributed by atoms with E-state index in [9.17, 15) is 26.4 Å². The highest BCUT2D eigenvalue weighted by atomic mass is 33.1. The minimum Gasteiger partial charge on any atom is -0.465 e. The van der Waals surface area contributed by atoms with Crippen LogP contribution in [0.25, 0.3) is 0 Å². The second kappa shape index (κ2) is 22.0. The van der Waals surface area contributed by atoms with Gasteiger partial charge in [-0.1, -0.05) is 36.4 Å². The molecule has 0 bridgehead atoms. The molecule has 11 nitrogen and oxygen atoms in total. The summed E-state index contributed by atoms with van der Waals surface area (Å²) in [6.45, 7) is 3.52. The summed E-state index contributed by atoms with van der Waals surface area (Å²) in [5, 5.41) is 0. The van der Waals surface area contributed by atoms with Gasteiger partial charge in [0.25, 0.3) is 10.1 Å². The lowest BCUT2D eigenvalue weighted by Crippen LogP contribution is -2.42. The van der Waals surface area contributed by atoms with Gasteiger partial charge >= 0.3 is 11.9 Å². The van der Waals surface area contributed by atoms with Gasteiger partial charge in [-0.3, -0.25) is 14.1 Å². The highest BCUT2D eigenvalue weighted by Gasteiger charge is 2.18. The molecule has 242 valence electrons. The van der Waals surface area contributed by atoms with Crippen LogP contribution in [-0.2, 0) is 39.0 Å². The number of hydrogen-bond acceptors (Lipinski definition) is 10. The van der Waals surface area contributed by atoms with Crippen molar-refractivity contribution in [2.75, 3.05) is 96.9 Å². The standard InChI is InChI=1S/C23H47N2O9S4.2CH4/c1-24(2,14-8-20-37(5,28)29)12-6-16-33-22(26)10-18-35-36-19-11-23(27)34-17-7-13-25(3,4)15-9-21-38(30,31)32;;/h6-21H2,1-5H3;2*1H4/q+1;;/p+1. The number of carbonyl (C=O) groups is 2. The SMILES string of the molecule is C.C.C[N+](C)(CCCOC(=O)CCSSCCC(=O)OCCC[N+](C)(C)CCCS(=O)(=O)O)CCCS(C)(=O)=O. The molecule has 0 radical (unpaired) electrons. The van der Waals surface area contributed by atoms with Gasteiger partial charge in [0.2, 0.25) is 0 Å². The van der Waals surface area contributed by atoms with Crippen LogP contribution in [0.3, 0.4) is 0 Å². The van der Waals surface area contributed by atoms with Crippen LogP contribution in [0.15, 0.2) is 0 Å². The lowest BCUT2D eigenvalue weighted by molar-refractivity contribution is -0.890. The highest BCUT2D eigenvalue weighted by molar-refractivity contribution is 8.76. The summed E-state index contributed by atoms with van der Waals surface area (Å²) in [5.74, 6) is 0.588. The van der Waals surface area contributed by atoms with E-state index in [0.717, 1.165) is 19.6 Å². The van der Waals surface area contributed by atoms with Crippen molar-refractivity contribution in [2.45, 2.75) is 53.4 Å². The monoisotopic (exact) mass is 656 g/mol. The van der Waals surface area contributed by atoms with Crippen molar-refractivity contribution in [3.05, 3.63) is 0 Å². The minimum absolute atomic E-state index is 0. The third-order valence-electron chi connectivity index (χ3n) is 5.65. The predicted molar refractivity (Wildman–Crippen MR) is 168 cm³/mol. The molecule has 0 aromatic carbocycles. The van der Waals surface area contributed by atoms with Gasteiger partial charge in [-0.25, -0.2) is 8.42 Å². The first-order valence-electron chi connectivity index (χ1n) is 12.7. The zero-order chi connectivity index (χ0) is 29.3. The molecule has 0 aromatic heterocycles. The Morgan fingerprint density at radius 1 is 0.675 bits per heavy atom. The Bertz CT molecular complexity index is 835. The molecule has 0 fully saturated rings. The average molecular weight is 657 g/mol. The molecule has 0 saturated carbocycles. The molecule has 15 heteroatoms. The fourth-order valence-electron chi connectivity index (χ4n) is 3.52. The van der Waals surface area contributed by atoms with E-state index in [0.29, 0.717) is 72.3 Å². The van der Waals surface area contributed by atoms with Crippen LogP contribution in [0.5, 0.6) is 0 Å². The smallest absolute Gasteiger partial charge is 0.306 e. The average Bonchev–Trinajstić information content (AvgIpc) is 2.74. The van der Waals surface area contributed by atoms with E-state index in [1.807, 2.05) is 28.2 Å². The van der Waals surface area contributed by atoms with Gasteiger partial charge in [0, 0.05) is 43.4 Å². The summed E-state index contributed by atoms with van der Waals surface area (Å²) in [6.07, 6.45) is 4.18. The van der Waals surface area contributed by atoms with Crippen molar-refractivity contribution in [1.82, 2.24) is 0 Å². The molecule has 0 rings (SSSR count). The number of nitrogens with zero attached hydrogens (tertiary/aromatic N) is 2. The van der Waals surface area contributed by atoms with E-state index >= 15 is 0 Å². The molecule has 1 N–H and O–H groups in total. The molecule has 0 aromatic rings. The van der Waals surface area contributed by atoms with Gasteiger partial charge in [-0.2, -0.15) is 8.42 Å². The van der Waals surface area contributed by atoms with Crippen LogP contribution < -0.4 is 0 Å². The number of ether oxygens (including phenoxy) is 2. The normalized spacial score (nSPS) is 12.2. The zero-order valence-corrected chi connectivity index (χ0v) is 26.8. The lowest BCUT2D eigenvalue weighted by Gasteiger charge is -2.29. The molecule has 0 heterocycles. The summed E-state index contributed by atoms with van der Waals surface area (Å²) in [5.41, 5.74) is 0. The van der Waals surface area contributed by atoms with Gasteiger partial charge in [0.1, 0.15) is 9.84 Å². The minimum atomic E-state index is -3.94. The summed E-state index contributed by atoms with van der Waals surface area (Å²) in [7, 11) is 4.13. The van der Waals surface area contributed by atoms with E-state index in [-0.39, 0.29) is 44.7 Å². The van der Waals surface area contributed by atoms with Crippen LogP contribution in [0.1, 0.15) is 53.4 Å². The molecule has 40 heavy (non-hydrogen) atoms. The second-order valence-electron chi connectivity index (χ2n) is 10.7. The predicted octanol–water partition coefficient (Wildman–Crippen LogP) is 3.15. The first kappa shape index (κ1) is 43.9. The largest absolute Gasteiger partial charge is 0.465 e. The van der Waals surface area contributed by atoms with E-state index < -0.39 is 20.0 Å². The zero-order valence-electron chi connectivity index (χ0n) is 23.6. The maximum Gasteiger partial charge on any atom is 0.306 e. The van der Waals surface area contributed by atoms with Gasteiger partial charge in [0.05, 0.1) is 91.9 Å². The topological polar surface area (TPSA) is 141 Å². The number of hydrogen-bond donors (Lipinski definition) is 1. The quantitative estimate of drug-likeness (QED) is 0.0570. The molecular formula is C25H56N2O9S4+2. The molecule has 0 amide bonds. The Morgan fingerprint density at radius 3 is 1.38 bits per heavy atom. The Morgan fingerprint density at radius 2 is 1.02 bits per heavy atom. The van der Waals surface area contributed by atoms with Crippen LogP contribution in [-0.4, -0.2) is 139 Å². The fourth-order valence-corrected chi connectivity index (χ4v) is 6.61. The van der Waals surface area contributed by atoms with Gasteiger partial charge < -0.3 is 18.4 Å². The number of carbonyl (C=O) groups excluding carboxylic acids is 2. The van der Waals surface area contributed by atoms with E-state index in [1.165, 1.54) is 27.8 Å². The lowest BCUT2D eigenvalue weighted by atomic mass is 10.3. The van der Waals surface area contributed by atoms with Crippen LogP contribution in [0, 0.1) is 0 Å². The van der Waals surface area contributed by atoms with Gasteiger partial charge in [0.15, 0.2) is 0 Å². The number of esters is 2. The summed E-state index contributed by atoms with van der Waals surface area (Å²) >= 11 is 0. The van der Waals surface area contributed by atoms with Crippen molar-refractivity contribution < 1.29 is 49.4 Å². The Kier molecular flexibility index (Phi) is 24.2. The fraction of sp³-hybridized carbons (Fsp3) is 0.920. The Balaban J connectivity index is -0.00000684. The third-order valence-corrected chi connectivity index (χ3v) is 9.89. The summed E-state index contributed by atoms with van der Waals surface area (Å²) < 4.78 is 64.7. The summed E-state index contributed by atoms with van der Waals surface area (Å²) in [4.78, 5) is 23.7. The van der Waals surface area contributed by atoms with Crippen molar-refractivity contribution in [3.63, 3.8) is 0 Å². The van der Waals surface area contributed by atoms with Crippen LogP contribution >= 0.6 is 21.6 Å². The van der Waals surface area contributed by atoms with Crippen molar-refractivity contribution in [1.29, 1.82) is 0 Å². The first-order valence-corrected chi connectivity index (χ1v) is 18.9. The maximum atomic E-state index is 11.9. The van der Waals surface area contributed by atoms with E-state index in [4.69, 9.17) is 14.0 Å². The van der Waals surface area contributed by atoms with Crippen LogP contribution in [0.2, 0.25) is 0 Å². The van der Waals surface area contributed by atoms with Crippen molar-refractivity contribution >= 4 is 53.5 Å². The molecule has 0 unspecified atom stereocenters. The summed E-state index contributed by atoms with van der Waals surface area (Å²) in [6, 6.07) is 0. The first-order chi connectivity index (χ1) is 17.4. The third kappa shape index (κ3) is 30.4. The van der Waals surface area contributed by atoms with Crippen molar-refractivity contribution in [2.24, 2.45) is 0 Å². The van der Waals surface area contributed by atoms with E-state index in [1.54, 1.807) is 0 Å². The Hall–Kier alpha value is -0.580. The number of quaternary nitrogens is 2. The molecule has 0 aliphatic heterocycles. The molecule has 0 aliphatic rings. The van der Waals surface area contributed by atoms with Crippen molar-refractivity contribution in [3.8, 4) is 0 Å². The molecule has 0 spiro atoms. The molecule has 0 atom stereocenters. The highest BCUT2D eigenvalue weighted by Crippen LogP contribution is 2.23. The molecule has 0 aliphatic carbocycles. The molecular weight excluding hydrogens is 601 g/mol. The van der Waals surface area contributed by atoms with Gasteiger partial charge in [-0.05, 0) is 0 Å². The second-order valence-corrected chi connectivity index (χ2v) is 17.2.